The third-order valence-electron chi connectivity index (χ3n) is 7.76. The number of benzene rings is 3. The Kier molecular flexibility index (Phi) is 9.77. The maximum absolute atomic E-state index is 13.4. The standard InChI is InChI=1S/C33H29F6N5O4/c34-32(35,36)22-10-20(11-23(14-22)33(37,38)39)15-41-30(47)26(13-21-16-40-25-9-5-4-8-24(21)25)42-28(45)17-44-18-29(46)43-27(31(44)48)12-19-6-2-1-3-7-19/h1-11,14,16,26-27,40H,12-13,15,17-18H2,(H,41,47)(H,42,45)(H,43,46). The molecule has 252 valence electrons. The van der Waals surface area contributed by atoms with E-state index in [4.69, 9.17) is 0 Å². The molecule has 2 unspecified atom stereocenters. The Balaban J connectivity index is 1.33. The number of piperazine rings is 1. The van der Waals surface area contributed by atoms with Crippen molar-refractivity contribution in [1.82, 2.24) is 25.8 Å². The number of carbonyl (C=O) groups excluding carboxylic acids is 4. The number of para-hydroxylation sites is 1. The average molecular weight is 674 g/mol. The van der Waals surface area contributed by atoms with Crippen LogP contribution in [0.5, 0.6) is 0 Å². The lowest BCUT2D eigenvalue weighted by Crippen LogP contribution is -2.61. The number of alkyl halides is 6. The highest BCUT2D eigenvalue weighted by Gasteiger charge is 2.37. The Bertz CT molecular complexity index is 1790. The first-order valence-electron chi connectivity index (χ1n) is 14.7. The van der Waals surface area contributed by atoms with Gasteiger partial charge < -0.3 is 25.8 Å². The second-order valence-electron chi connectivity index (χ2n) is 11.3. The molecule has 1 aliphatic rings. The highest BCUT2D eigenvalue weighted by molar-refractivity contribution is 5.98. The number of hydrogen-bond acceptors (Lipinski definition) is 4. The summed E-state index contributed by atoms with van der Waals surface area (Å²) >= 11 is 0. The van der Waals surface area contributed by atoms with Crippen molar-refractivity contribution in [3.8, 4) is 0 Å². The maximum Gasteiger partial charge on any atom is 0.416 e. The van der Waals surface area contributed by atoms with Gasteiger partial charge in [0.25, 0.3) is 0 Å². The van der Waals surface area contributed by atoms with Crippen LogP contribution in [0.3, 0.4) is 0 Å². The van der Waals surface area contributed by atoms with E-state index in [1.807, 2.05) is 0 Å². The lowest BCUT2D eigenvalue weighted by atomic mass is 10.0. The summed E-state index contributed by atoms with van der Waals surface area (Å²) in [4.78, 5) is 56.3. The fourth-order valence-electron chi connectivity index (χ4n) is 5.47. The minimum absolute atomic E-state index is 0.0160. The Morgan fingerprint density at radius 2 is 1.52 bits per heavy atom. The maximum atomic E-state index is 13.4. The Hall–Kier alpha value is -5.34. The molecule has 5 rings (SSSR count). The normalized spacial score (nSPS) is 16.0. The van der Waals surface area contributed by atoms with Gasteiger partial charge in [-0.1, -0.05) is 48.5 Å². The van der Waals surface area contributed by atoms with E-state index < -0.39 is 84.4 Å². The molecule has 15 heteroatoms. The van der Waals surface area contributed by atoms with Gasteiger partial charge in [-0.3, -0.25) is 19.2 Å². The van der Waals surface area contributed by atoms with Gasteiger partial charge in [0, 0.05) is 36.5 Å². The van der Waals surface area contributed by atoms with Gasteiger partial charge >= 0.3 is 12.4 Å². The number of H-pyrrole nitrogens is 1. The molecule has 0 spiro atoms. The predicted octanol–water partition coefficient (Wildman–Crippen LogP) is 4.12. The molecule has 4 aromatic rings. The van der Waals surface area contributed by atoms with Crippen LogP contribution in [0.2, 0.25) is 0 Å². The van der Waals surface area contributed by atoms with Gasteiger partial charge in [-0.25, -0.2) is 0 Å². The van der Waals surface area contributed by atoms with E-state index in [1.54, 1.807) is 60.8 Å². The van der Waals surface area contributed by atoms with Gasteiger partial charge in [-0.15, -0.1) is 0 Å². The number of aromatic nitrogens is 1. The van der Waals surface area contributed by atoms with E-state index in [-0.39, 0.29) is 18.9 Å². The van der Waals surface area contributed by atoms with Crippen molar-refractivity contribution in [2.75, 3.05) is 13.1 Å². The van der Waals surface area contributed by atoms with Gasteiger partial charge in [-0.2, -0.15) is 26.3 Å². The summed E-state index contributed by atoms with van der Waals surface area (Å²) in [7, 11) is 0. The number of fused-ring (bicyclic) bond motifs is 1. The Labute approximate surface area is 269 Å². The summed E-state index contributed by atoms with van der Waals surface area (Å²) in [6, 6.07) is 14.7. The molecule has 48 heavy (non-hydrogen) atoms. The van der Waals surface area contributed by atoms with Gasteiger partial charge in [0.1, 0.15) is 25.2 Å². The molecule has 0 aliphatic carbocycles. The zero-order valence-corrected chi connectivity index (χ0v) is 25.0. The first-order chi connectivity index (χ1) is 22.7. The van der Waals surface area contributed by atoms with E-state index in [2.05, 4.69) is 20.9 Å². The van der Waals surface area contributed by atoms with E-state index in [1.165, 1.54) is 0 Å². The molecule has 0 saturated carbocycles. The molecule has 1 saturated heterocycles. The van der Waals surface area contributed by atoms with E-state index >= 15 is 0 Å². The predicted molar refractivity (Wildman–Crippen MR) is 161 cm³/mol. The Morgan fingerprint density at radius 3 is 2.19 bits per heavy atom. The first kappa shape index (κ1) is 34.0. The van der Waals surface area contributed by atoms with Gasteiger partial charge in [0.05, 0.1) is 11.1 Å². The van der Waals surface area contributed by atoms with Crippen LogP contribution in [0.4, 0.5) is 26.3 Å². The monoisotopic (exact) mass is 673 g/mol. The second-order valence-corrected chi connectivity index (χ2v) is 11.3. The molecule has 2 atom stereocenters. The van der Waals surface area contributed by atoms with Gasteiger partial charge in [0.2, 0.25) is 23.6 Å². The minimum atomic E-state index is -5.07. The molecular formula is C33H29F6N5O4. The molecular weight excluding hydrogens is 644 g/mol. The van der Waals surface area contributed by atoms with Crippen LogP contribution in [0.1, 0.15) is 27.8 Å². The molecule has 9 nitrogen and oxygen atoms in total. The average Bonchev–Trinajstić information content (AvgIpc) is 3.44. The largest absolute Gasteiger partial charge is 0.416 e. The smallest absolute Gasteiger partial charge is 0.361 e. The zero-order valence-electron chi connectivity index (χ0n) is 25.0. The molecule has 1 aliphatic heterocycles. The molecule has 0 radical (unpaired) electrons. The summed E-state index contributed by atoms with van der Waals surface area (Å²) in [6.45, 7) is -1.70. The topological polar surface area (TPSA) is 123 Å². The second kappa shape index (κ2) is 13.8. The third kappa shape index (κ3) is 8.32. The lowest BCUT2D eigenvalue weighted by molar-refractivity contribution is -0.146. The van der Waals surface area contributed by atoms with Crippen LogP contribution in [-0.2, 0) is 50.9 Å². The zero-order chi connectivity index (χ0) is 34.6. The number of hydrogen-bond donors (Lipinski definition) is 4. The highest BCUT2D eigenvalue weighted by atomic mass is 19.4. The molecule has 1 fully saturated rings. The summed E-state index contributed by atoms with van der Waals surface area (Å²) in [5.74, 6) is -2.72. The molecule has 4 N–H and O–H groups in total. The van der Waals surface area contributed by atoms with Crippen LogP contribution < -0.4 is 16.0 Å². The van der Waals surface area contributed by atoms with E-state index in [0.717, 1.165) is 16.0 Å². The van der Waals surface area contributed by atoms with Crippen molar-refractivity contribution in [3.63, 3.8) is 0 Å². The number of nitrogens with one attached hydrogen (secondary N) is 4. The first-order valence-corrected chi connectivity index (χ1v) is 14.7. The van der Waals surface area contributed by atoms with Crippen LogP contribution >= 0.6 is 0 Å². The summed E-state index contributed by atoms with van der Waals surface area (Å²) < 4.78 is 80.2. The van der Waals surface area contributed by atoms with Gasteiger partial charge in [-0.05, 0) is 41.0 Å². The van der Waals surface area contributed by atoms with Crippen molar-refractivity contribution >= 4 is 34.5 Å². The number of amides is 4. The molecule has 1 aromatic heterocycles. The summed E-state index contributed by atoms with van der Waals surface area (Å²) in [5, 5.41) is 8.18. The fourth-order valence-corrected chi connectivity index (χ4v) is 5.47. The van der Waals surface area contributed by atoms with Crippen molar-refractivity contribution < 1.29 is 45.5 Å². The van der Waals surface area contributed by atoms with Crippen LogP contribution in [0.25, 0.3) is 10.9 Å². The SMILES string of the molecule is O=C(CN1CC(=O)NC(Cc2ccccc2)C1=O)NC(Cc1c[nH]c2ccccc12)C(=O)NCc1cc(C(F)(F)F)cc(C(F)(F)F)c1. The molecule has 4 amide bonds. The molecule has 2 heterocycles. The van der Waals surface area contributed by atoms with Crippen molar-refractivity contribution in [2.24, 2.45) is 0 Å². The third-order valence-corrected chi connectivity index (χ3v) is 7.76. The van der Waals surface area contributed by atoms with Crippen LogP contribution in [-0.4, -0.2) is 58.7 Å². The fraction of sp³-hybridized carbons (Fsp3) is 0.273. The van der Waals surface area contributed by atoms with Crippen molar-refractivity contribution in [2.45, 2.75) is 43.8 Å². The van der Waals surface area contributed by atoms with Crippen molar-refractivity contribution in [1.29, 1.82) is 0 Å². The number of nitrogens with zero attached hydrogens (tertiary/aromatic N) is 1. The summed E-state index contributed by atoms with van der Waals surface area (Å²) in [5.41, 5.74) is -1.45. The van der Waals surface area contributed by atoms with Crippen molar-refractivity contribution in [3.05, 3.63) is 107 Å². The van der Waals surface area contributed by atoms with Crippen LogP contribution in [0.15, 0.2) is 79.0 Å². The van der Waals surface area contributed by atoms with E-state index in [0.29, 0.717) is 23.1 Å². The Morgan fingerprint density at radius 1 is 0.875 bits per heavy atom. The minimum Gasteiger partial charge on any atom is -0.361 e. The number of rotatable bonds is 10. The van der Waals surface area contributed by atoms with Gasteiger partial charge in [0.15, 0.2) is 0 Å². The van der Waals surface area contributed by atoms with E-state index in [9.17, 15) is 45.5 Å². The molecule has 3 aromatic carbocycles. The molecule has 0 bridgehead atoms. The number of halogens is 6. The summed E-state index contributed by atoms with van der Waals surface area (Å²) in [6.07, 6.45) is -8.49. The lowest BCUT2D eigenvalue weighted by Gasteiger charge is -2.32. The highest BCUT2D eigenvalue weighted by Crippen LogP contribution is 2.36. The quantitative estimate of drug-likeness (QED) is 0.189. The van der Waals surface area contributed by atoms with Crippen LogP contribution in [0, 0.1) is 0 Å². The number of aromatic amines is 1. The number of carbonyl (C=O) groups is 4.